The normalized spacial score (nSPS) is 14.5. The molecule has 6 heteroatoms. The Balaban J connectivity index is 1.50. The summed E-state index contributed by atoms with van der Waals surface area (Å²) < 4.78 is 5.63. The Morgan fingerprint density at radius 1 is 1.15 bits per heavy atom. The van der Waals surface area contributed by atoms with Gasteiger partial charge in [-0.2, -0.15) is 5.26 Å². The fourth-order valence-electron chi connectivity index (χ4n) is 3.34. The minimum atomic E-state index is -0.0304. The number of hydrogen-bond donors (Lipinski definition) is 0. The smallest absolute Gasteiger partial charge is 0.257 e. The van der Waals surface area contributed by atoms with E-state index in [1.54, 1.807) is 19.1 Å². The summed E-state index contributed by atoms with van der Waals surface area (Å²) in [6, 6.07) is 15.2. The topological polar surface area (TPSA) is 73.4 Å². The van der Waals surface area contributed by atoms with Crippen molar-refractivity contribution in [1.82, 2.24) is 9.88 Å². The van der Waals surface area contributed by atoms with Gasteiger partial charge in [0.1, 0.15) is 5.52 Å². The summed E-state index contributed by atoms with van der Waals surface area (Å²) in [6.07, 6.45) is 0. The maximum Gasteiger partial charge on any atom is 0.257 e. The molecule has 1 fully saturated rings. The molecule has 1 aliphatic rings. The zero-order chi connectivity index (χ0) is 18.1. The first-order valence-electron chi connectivity index (χ1n) is 8.56. The molecule has 0 bridgehead atoms. The van der Waals surface area contributed by atoms with E-state index in [9.17, 15) is 4.79 Å². The fraction of sp³-hybridized carbons (Fsp3) is 0.250. The number of benzene rings is 2. The number of rotatable bonds is 2. The van der Waals surface area contributed by atoms with E-state index in [0.29, 0.717) is 41.2 Å². The molecule has 26 heavy (non-hydrogen) atoms. The van der Waals surface area contributed by atoms with E-state index in [-0.39, 0.29) is 5.91 Å². The number of amides is 1. The van der Waals surface area contributed by atoms with Crippen molar-refractivity contribution in [2.45, 2.75) is 6.92 Å². The monoisotopic (exact) mass is 346 g/mol. The Labute approximate surface area is 151 Å². The third-order valence-corrected chi connectivity index (χ3v) is 4.66. The second kappa shape index (κ2) is 6.52. The van der Waals surface area contributed by atoms with E-state index >= 15 is 0 Å². The number of para-hydroxylation sites is 1. The molecule has 0 saturated carbocycles. The minimum absolute atomic E-state index is 0.0304. The van der Waals surface area contributed by atoms with Crippen LogP contribution in [0, 0.1) is 18.3 Å². The lowest BCUT2D eigenvalue weighted by Crippen LogP contribution is -2.48. The molecule has 1 saturated heterocycles. The molecule has 3 aromatic rings. The van der Waals surface area contributed by atoms with Crippen molar-refractivity contribution in [2.75, 3.05) is 31.1 Å². The number of nitriles is 1. The summed E-state index contributed by atoms with van der Waals surface area (Å²) in [7, 11) is 0. The second-order valence-corrected chi connectivity index (χ2v) is 6.33. The van der Waals surface area contributed by atoms with Crippen LogP contribution >= 0.6 is 0 Å². The van der Waals surface area contributed by atoms with Gasteiger partial charge in [0.2, 0.25) is 0 Å². The standard InChI is InChI=1S/C20H18N4O2/c1-14-22-18-7-3-6-17(19(18)26-14)20(25)24-10-8-23(9-11-24)16-5-2-4-15(12-16)13-21/h2-7,12H,8-11H2,1H3. The van der Waals surface area contributed by atoms with Crippen LogP contribution in [0.25, 0.3) is 11.1 Å². The summed E-state index contributed by atoms with van der Waals surface area (Å²) in [4.78, 5) is 21.3. The third-order valence-electron chi connectivity index (χ3n) is 4.66. The van der Waals surface area contributed by atoms with Gasteiger partial charge >= 0.3 is 0 Å². The molecule has 0 atom stereocenters. The van der Waals surface area contributed by atoms with E-state index in [0.717, 1.165) is 18.8 Å². The summed E-state index contributed by atoms with van der Waals surface area (Å²) >= 11 is 0. The Hall–Kier alpha value is -3.33. The van der Waals surface area contributed by atoms with Crippen LogP contribution in [-0.2, 0) is 0 Å². The number of hydrogen-bond acceptors (Lipinski definition) is 5. The molecule has 2 heterocycles. The van der Waals surface area contributed by atoms with E-state index in [2.05, 4.69) is 16.0 Å². The number of anilines is 1. The van der Waals surface area contributed by atoms with Gasteiger partial charge in [0.05, 0.1) is 17.2 Å². The van der Waals surface area contributed by atoms with Crippen molar-refractivity contribution < 1.29 is 9.21 Å². The molecule has 4 rings (SSSR count). The number of piperazine rings is 1. The highest BCUT2D eigenvalue weighted by Crippen LogP contribution is 2.23. The minimum Gasteiger partial charge on any atom is -0.440 e. The largest absolute Gasteiger partial charge is 0.440 e. The lowest BCUT2D eigenvalue weighted by molar-refractivity contribution is 0.0747. The molecule has 130 valence electrons. The number of fused-ring (bicyclic) bond motifs is 1. The maximum absolute atomic E-state index is 12.9. The molecule has 1 aliphatic heterocycles. The van der Waals surface area contributed by atoms with Gasteiger partial charge in [-0.15, -0.1) is 0 Å². The van der Waals surface area contributed by atoms with Gasteiger partial charge in [-0.25, -0.2) is 4.98 Å². The Kier molecular flexibility index (Phi) is 4.05. The molecular weight excluding hydrogens is 328 g/mol. The van der Waals surface area contributed by atoms with Crippen molar-refractivity contribution in [3.63, 3.8) is 0 Å². The van der Waals surface area contributed by atoms with Gasteiger partial charge in [0, 0.05) is 38.8 Å². The highest BCUT2D eigenvalue weighted by molar-refractivity contribution is 6.04. The van der Waals surface area contributed by atoms with E-state index in [1.807, 2.05) is 35.2 Å². The van der Waals surface area contributed by atoms with Crippen LogP contribution in [0.2, 0.25) is 0 Å². The van der Waals surface area contributed by atoms with Gasteiger partial charge in [-0.3, -0.25) is 4.79 Å². The first kappa shape index (κ1) is 16.2. The molecule has 0 radical (unpaired) electrons. The van der Waals surface area contributed by atoms with Crippen LogP contribution in [0.5, 0.6) is 0 Å². The first-order chi connectivity index (χ1) is 12.7. The molecule has 0 aliphatic carbocycles. The quantitative estimate of drug-likeness (QED) is 0.713. The van der Waals surface area contributed by atoms with Crippen LogP contribution in [0.1, 0.15) is 21.8 Å². The second-order valence-electron chi connectivity index (χ2n) is 6.33. The van der Waals surface area contributed by atoms with Crippen molar-refractivity contribution in [1.29, 1.82) is 5.26 Å². The summed E-state index contributed by atoms with van der Waals surface area (Å²) in [5, 5.41) is 9.05. The van der Waals surface area contributed by atoms with Crippen LogP contribution < -0.4 is 4.90 Å². The third kappa shape index (κ3) is 2.88. The predicted octanol–water partition coefficient (Wildman–Crippen LogP) is 2.97. The van der Waals surface area contributed by atoms with Crippen molar-refractivity contribution in [3.8, 4) is 6.07 Å². The summed E-state index contributed by atoms with van der Waals surface area (Å²) in [6.45, 7) is 4.48. The van der Waals surface area contributed by atoms with E-state index < -0.39 is 0 Å². The van der Waals surface area contributed by atoms with Crippen molar-refractivity contribution >= 4 is 22.7 Å². The van der Waals surface area contributed by atoms with Crippen LogP contribution in [0.3, 0.4) is 0 Å². The van der Waals surface area contributed by atoms with Crippen LogP contribution in [-0.4, -0.2) is 42.0 Å². The predicted molar refractivity (Wildman–Crippen MR) is 98.0 cm³/mol. The molecule has 1 amide bonds. The number of aromatic nitrogens is 1. The number of aryl methyl sites for hydroxylation is 1. The number of carbonyl (C=O) groups is 1. The van der Waals surface area contributed by atoms with Crippen LogP contribution in [0.15, 0.2) is 46.9 Å². The molecular formula is C20H18N4O2. The highest BCUT2D eigenvalue weighted by Gasteiger charge is 2.25. The molecule has 2 aromatic carbocycles. The first-order valence-corrected chi connectivity index (χ1v) is 8.56. The van der Waals surface area contributed by atoms with E-state index in [4.69, 9.17) is 9.68 Å². The summed E-state index contributed by atoms with van der Waals surface area (Å²) in [5.41, 5.74) is 3.49. The van der Waals surface area contributed by atoms with Gasteiger partial charge in [0.15, 0.2) is 11.5 Å². The molecule has 0 unspecified atom stereocenters. The number of carbonyl (C=O) groups excluding carboxylic acids is 1. The fourth-order valence-corrected chi connectivity index (χ4v) is 3.34. The lowest BCUT2D eigenvalue weighted by atomic mass is 10.1. The SMILES string of the molecule is Cc1nc2cccc(C(=O)N3CCN(c4cccc(C#N)c4)CC3)c2o1. The molecule has 1 aromatic heterocycles. The number of oxazole rings is 1. The lowest BCUT2D eigenvalue weighted by Gasteiger charge is -2.36. The van der Waals surface area contributed by atoms with E-state index in [1.165, 1.54) is 0 Å². The summed E-state index contributed by atoms with van der Waals surface area (Å²) in [5.74, 6) is 0.527. The van der Waals surface area contributed by atoms with Gasteiger partial charge in [-0.05, 0) is 30.3 Å². The number of nitrogens with zero attached hydrogens (tertiary/aromatic N) is 4. The van der Waals surface area contributed by atoms with Gasteiger partial charge in [0.25, 0.3) is 5.91 Å². The highest BCUT2D eigenvalue weighted by atomic mass is 16.3. The van der Waals surface area contributed by atoms with Gasteiger partial charge < -0.3 is 14.2 Å². The Bertz CT molecular complexity index is 1010. The molecule has 0 spiro atoms. The van der Waals surface area contributed by atoms with Gasteiger partial charge in [-0.1, -0.05) is 12.1 Å². The zero-order valence-corrected chi connectivity index (χ0v) is 14.5. The van der Waals surface area contributed by atoms with Crippen molar-refractivity contribution in [2.24, 2.45) is 0 Å². The maximum atomic E-state index is 12.9. The average molecular weight is 346 g/mol. The van der Waals surface area contributed by atoms with Crippen molar-refractivity contribution in [3.05, 3.63) is 59.5 Å². The Morgan fingerprint density at radius 3 is 2.69 bits per heavy atom. The van der Waals surface area contributed by atoms with Crippen LogP contribution in [0.4, 0.5) is 5.69 Å². The zero-order valence-electron chi connectivity index (χ0n) is 14.5. The molecule has 6 nitrogen and oxygen atoms in total. The Morgan fingerprint density at radius 2 is 1.92 bits per heavy atom. The average Bonchev–Trinajstić information content (AvgIpc) is 3.07. The molecule has 0 N–H and O–H groups in total.